The van der Waals surface area contributed by atoms with Crippen molar-refractivity contribution in [1.29, 1.82) is 0 Å². The van der Waals surface area contributed by atoms with Gasteiger partial charge in [0.05, 0.1) is 37.0 Å². The third kappa shape index (κ3) is 4.46. The van der Waals surface area contributed by atoms with E-state index in [2.05, 4.69) is 0 Å². The molecular formula is C21H25F3N2O4. The average molecular weight is 426 g/mol. The zero-order chi connectivity index (χ0) is 21.5. The zero-order valence-corrected chi connectivity index (χ0v) is 16.7. The Morgan fingerprint density at radius 3 is 2.53 bits per heavy atom. The minimum absolute atomic E-state index is 0.0591. The van der Waals surface area contributed by atoms with Crippen molar-refractivity contribution in [2.24, 2.45) is 5.92 Å². The highest BCUT2D eigenvalue weighted by Crippen LogP contribution is 2.32. The van der Waals surface area contributed by atoms with Crippen LogP contribution in [0.5, 0.6) is 0 Å². The van der Waals surface area contributed by atoms with Crippen LogP contribution >= 0.6 is 0 Å². The first-order chi connectivity index (χ1) is 14.2. The van der Waals surface area contributed by atoms with Crippen LogP contribution in [-0.4, -0.2) is 66.6 Å². The first kappa shape index (κ1) is 21.1. The van der Waals surface area contributed by atoms with Gasteiger partial charge >= 0.3 is 12.2 Å². The number of nitrogens with zero attached hydrogens (tertiary/aromatic N) is 2. The summed E-state index contributed by atoms with van der Waals surface area (Å²) >= 11 is 0. The monoisotopic (exact) mass is 426 g/mol. The van der Waals surface area contributed by atoms with Crippen LogP contribution in [0.4, 0.5) is 18.0 Å². The second-order valence-electron chi connectivity index (χ2n) is 8.29. The lowest BCUT2D eigenvalue weighted by molar-refractivity contribution is -0.140. The number of hydrogen-bond acceptors (Lipinski definition) is 4. The number of fused-ring (bicyclic) bond motifs is 1. The number of carbonyl (C=O) groups excluding carboxylic acids is 2. The molecule has 0 radical (unpaired) electrons. The smallest absolute Gasteiger partial charge is 0.370 e. The quantitative estimate of drug-likeness (QED) is 0.745. The van der Waals surface area contributed by atoms with Crippen molar-refractivity contribution in [3.63, 3.8) is 0 Å². The van der Waals surface area contributed by atoms with Gasteiger partial charge < -0.3 is 19.3 Å². The Morgan fingerprint density at radius 2 is 1.87 bits per heavy atom. The van der Waals surface area contributed by atoms with Gasteiger partial charge in [0.2, 0.25) is 0 Å². The molecular weight excluding hydrogens is 401 g/mol. The summed E-state index contributed by atoms with van der Waals surface area (Å²) in [5.41, 5.74) is -0.0236. The summed E-state index contributed by atoms with van der Waals surface area (Å²) in [6, 6.07) is 4.89. The van der Waals surface area contributed by atoms with E-state index >= 15 is 0 Å². The van der Waals surface area contributed by atoms with E-state index < -0.39 is 11.7 Å². The molecule has 4 rings (SSSR count). The van der Waals surface area contributed by atoms with Gasteiger partial charge in [-0.05, 0) is 31.0 Å². The standard InChI is InChI=1S/C21H25F3N2O4/c1-13(14-2-4-16(5-3-14)21(22,23)24)30-18-10-26(11-18)20(28)25-7-6-19-15(9-25)8-17(27)12-29-19/h2-5,13,15,18-19H,6-12H2,1H3/t13?,15-,19+/m1/s1. The molecule has 3 heterocycles. The lowest BCUT2D eigenvalue weighted by Crippen LogP contribution is -2.61. The second kappa shape index (κ2) is 8.19. The molecule has 6 nitrogen and oxygen atoms in total. The van der Waals surface area contributed by atoms with Gasteiger partial charge in [-0.2, -0.15) is 13.2 Å². The molecule has 0 spiro atoms. The molecule has 2 amide bonds. The first-order valence-electron chi connectivity index (χ1n) is 10.2. The molecule has 0 saturated carbocycles. The lowest BCUT2D eigenvalue weighted by Gasteiger charge is -2.46. The van der Waals surface area contributed by atoms with Crippen LogP contribution in [-0.2, 0) is 20.4 Å². The summed E-state index contributed by atoms with van der Waals surface area (Å²) in [7, 11) is 0. The number of ketones is 1. The Labute approximate surface area is 172 Å². The first-order valence-corrected chi connectivity index (χ1v) is 10.2. The van der Waals surface area contributed by atoms with Gasteiger partial charge in [-0.1, -0.05) is 12.1 Å². The summed E-state index contributed by atoms with van der Waals surface area (Å²) < 4.78 is 49.5. The van der Waals surface area contributed by atoms with Crippen LogP contribution in [0.25, 0.3) is 0 Å². The summed E-state index contributed by atoms with van der Waals surface area (Å²) in [6.07, 6.45) is -3.61. The number of piperidine rings is 1. The molecule has 0 aliphatic carbocycles. The number of carbonyl (C=O) groups is 2. The molecule has 30 heavy (non-hydrogen) atoms. The number of rotatable bonds is 3. The highest BCUT2D eigenvalue weighted by atomic mass is 19.4. The Balaban J connectivity index is 1.24. The minimum atomic E-state index is -4.36. The van der Waals surface area contributed by atoms with Gasteiger partial charge in [0.1, 0.15) is 6.61 Å². The van der Waals surface area contributed by atoms with Crippen LogP contribution in [0.15, 0.2) is 24.3 Å². The summed E-state index contributed by atoms with van der Waals surface area (Å²) in [5.74, 6) is 0.150. The van der Waals surface area contributed by atoms with Crippen molar-refractivity contribution in [1.82, 2.24) is 9.80 Å². The molecule has 164 valence electrons. The molecule has 1 unspecified atom stereocenters. The third-order valence-electron chi connectivity index (χ3n) is 6.11. The van der Waals surface area contributed by atoms with Crippen molar-refractivity contribution < 1.29 is 32.2 Å². The normalized spacial score (nSPS) is 26.2. The number of amides is 2. The third-order valence-corrected chi connectivity index (χ3v) is 6.11. The van der Waals surface area contributed by atoms with Crippen molar-refractivity contribution >= 4 is 11.8 Å². The maximum absolute atomic E-state index is 12.7. The molecule has 3 aliphatic rings. The van der Waals surface area contributed by atoms with E-state index in [0.29, 0.717) is 38.2 Å². The topological polar surface area (TPSA) is 59.1 Å². The van der Waals surface area contributed by atoms with Crippen LogP contribution in [0.1, 0.15) is 37.0 Å². The largest absolute Gasteiger partial charge is 0.416 e. The lowest BCUT2D eigenvalue weighted by atomic mass is 9.88. The van der Waals surface area contributed by atoms with Crippen molar-refractivity contribution in [2.75, 3.05) is 32.8 Å². The minimum Gasteiger partial charge on any atom is -0.370 e. The van der Waals surface area contributed by atoms with E-state index in [4.69, 9.17) is 9.47 Å². The maximum Gasteiger partial charge on any atom is 0.416 e. The van der Waals surface area contributed by atoms with E-state index in [-0.39, 0.29) is 42.7 Å². The predicted octanol–water partition coefficient (Wildman–Crippen LogP) is 3.27. The molecule has 3 atom stereocenters. The SMILES string of the molecule is CC(OC1CN(C(=O)N2CC[C@@H]3OCC(=O)C[C@@H]3C2)C1)c1ccc(C(F)(F)F)cc1. The Hall–Kier alpha value is -2.13. The van der Waals surface area contributed by atoms with Gasteiger partial charge in [-0.3, -0.25) is 4.79 Å². The summed E-state index contributed by atoms with van der Waals surface area (Å²) in [6.45, 7) is 4.00. The maximum atomic E-state index is 12.7. The number of benzene rings is 1. The Morgan fingerprint density at radius 1 is 1.17 bits per heavy atom. The van der Waals surface area contributed by atoms with Crippen LogP contribution in [0.2, 0.25) is 0 Å². The molecule has 3 aliphatic heterocycles. The number of ether oxygens (including phenoxy) is 2. The highest BCUT2D eigenvalue weighted by Gasteiger charge is 2.40. The zero-order valence-electron chi connectivity index (χ0n) is 16.7. The van der Waals surface area contributed by atoms with E-state index in [0.717, 1.165) is 18.6 Å². The fraction of sp³-hybridized carbons (Fsp3) is 0.619. The molecule has 9 heteroatoms. The van der Waals surface area contributed by atoms with Gasteiger partial charge in [0, 0.05) is 25.4 Å². The van der Waals surface area contributed by atoms with Crippen LogP contribution < -0.4 is 0 Å². The molecule has 0 N–H and O–H groups in total. The Kier molecular flexibility index (Phi) is 5.76. The number of alkyl halides is 3. The number of urea groups is 1. The van der Waals surface area contributed by atoms with Gasteiger partial charge in [-0.25, -0.2) is 4.79 Å². The molecule has 1 aromatic carbocycles. The molecule has 0 aromatic heterocycles. The van der Waals surface area contributed by atoms with Crippen molar-refractivity contribution in [3.8, 4) is 0 Å². The second-order valence-corrected chi connectivity index (χ2v) is 8.29. The average Bonchev–Trinajstić information content (AvgIpc) is 2.68. The van der Waals surface area contributed by atoms with Crippen LogP contribution in [0.3, 0.4) is 0 Å². The molecule has 0 bridgehead atoms. The summed E-state index contributed by atoms with van der Waals surface area (Å²) in [4.78, 5) is 27.8. The van der Waals surface area contributed by atoms with E-state index in [1.54, 1.807) is 16.7 Å². The molecule has 1 aromatic rings. The predicted molar refractivity (Wildman–Crippen MR) is 101 cm³/mol. The number of halogens is 3. The highest BCUT2D eigenvalue weighted by molar-refractivity contribution is 5.81. The number of hydrogen-bond donors (Lipinski definition) is 0. The fourth-order valence-electron chi connectivity index (χ4n) is 4.34. The molecule has 3 saturated heterocycles. The Bertz CT molecular complexity index is 792. The summed E-state index contributed by atoms with van der Waals surface area (Å²) in [5, 5.41) is 0. The number of likely N-dealkylation sites (tertiary alicyclic amines) is 2. The van der Waals surface area contributed by atoms with E-state index in [1.807, 2.05) is 0 Å². The molecule has 3 fully saturated rings. The van der Waals surface area contributed by atoms with Gasteiger partial charge in [0.25, 0.3) is 0 Å². The number of Topliss-reactive ketones (excluding diaryl/α,β-unsaturated/α-hetero) is 1. The van der Waals surface area contributed by atoms with Crippen molar-refractivity contribution in [3.05, 3.63) is 35.4 Å². The van der Waals surface area contributed by atoms with Crippen LogP contribution in [0, 0.1) is 5.92 Å². The fourth-order valence-corrected chi connectivity index (χ4v) is 4.34. The van der Waals surface area contributed by atoms with Gasteiger partial charge in [-0.15, -0.1) is 0 Å². The van der Waals surface area contributed by atoms with Gasteiger partial charge in [0.15, 0.2) is 5.78 Å². The van der Waals surface area contributed by atoms with E-state index in [9.17, 15) is 22.8 Å². The van der Waals surface area contributed by atoms with E-state index in [1.165, 1.54) is 12.1 Å². The van der Waals surface area contributed by atoms with Crippen molar-refractivity contribution in [2.45, 2.75) is 44.3 Å².